The molecule has 1 aromatic heterocycles. The number of rotatable bonds is 5. The minimum absolute atomic E-state index is 0.0708. The molecule has 2 aromatic carbocycles. The van der Waals surface area contributed by atoms with Crippen LogP contribution < -0.4 is 5.32 Å². The number of aryl methyl sites for hydroxylation is 1. The summed E-state index contributed by atoms with van der Waals surface area (Å²) in [5.74, 6) is 1.12. The predicted molar refractivity (Wildman–Crippen MR) is 99.0 cm³/mol. The minimum Gasteiger partial charge on any atom is -0.440 e. The summed E-state index contributed by atoms with van der Waals surface area (Å²) in [4.78, 5) is 17.3. The van der Waals surface area contributed by atoms with Crippen molar-refractivity contribution in [2.24, 2.45) is 0 Å². The van der Waals surface area contributed by atoms with Crippen molar-refractivity contribution in [2.75, 3.05) is 5.32 Å². The van der Waals surface area contributed by atoms with Gasteiger partial charge >= 0.3 is 0 Å². The number of carbonyl (C=O) groups is 1. The molecule has 0 unspecified atom stereocenters. The SMILES string of the molecule is Cc1ccc(CO)cc1NC(=O)c1nc(-c2ccccc2)oc1C1CC1. The summed E-state index contributed by atoms with van der Waals surface area (Å²) in [6, 6.07) is 15.1. The molecule has 1 saturated carbocycles. The Hall–Kier alpha value is -2.92. The molecule has 26 heavy (non-hydrogen) atoms. The highest BCUT2D eigenvalue weighted by molar-refractivity contribution is 6.04. The number of anilines is 1. The van der Waals surface area contributed by atoms with Gasteiger partial charge in [-0.25, -0.2) is 4.98 Å². The van der Waals surface area contributed by atoms with E-state index in [0.29, 0.717) is 23.0 Å². The molecule has 0 aliphatic heterocycles. The van der Waals surface area contributed by atoms with E-state index in [0.717, 1.165) is 29.5 Å². The number of aliphatic hydroxyl groups is 1. The summed E-state index contributed by atoms with van der Waals surface area (Å²) in [6.45, 7) is 1.84. The lowest BCUT2D eigenvalue weighted by atomic mass is 10.1. The molecule has 0 radical (unpaired) electrons. The molecule has 1 heterocycles. The first-order chi connectivity index (χ1) is 12.7. The summed E-state index contributed by atoms with van der Waals surface area (Å²) in [7, 11) is 0. The van der Waals surface area contributed by atoms with E-state index in [1.165, 1.54) is 0 Å². The van der Waals surface area contributed by atoms with Gasteiger partial charge in [0.15, 0.2) is 5.69 Å². The number of hydrogen-bond donors (Lipinski definition) is 2. The monoisotopic (exact) mass is 348 g/mol. The second-order valence-electron chi connectivity index (χ2n) is 6.63. The lowest BCUT2D eigenvalue weighted by molar-refractivity contribution is 0.102. The van der Waals surface area contributed by atoms with E-state index in [1.807, 2.05) is 49.4 Å². The number of nitrogens with one attached hydrogen (secondary N) is 1. The van der Waals surface area contributed by atoms with Crippen LogP contribution in [0.15, 0.2) is 52.9 Å². The van der Waals surface area contributed by atoms with Crippen molar-refractivity contribution >= 4 is 11.6 Å². The maximum Gasteiger partial charge on any atom is 0.277 e. The van der Waals surface area contributed by atoms with Crippen molar-refractivity contribution in [3.8, 4) is 11.5 Å². The molecule has 0 saturated heterocycles. The highest BCUT2D eigenvalue weighted by Crippen LogP contribution is 2.43. The number of oxazole rings is 1. The Bertz CT molecular complexity index is 943. The molecule has 0 bridgehead atoms. The molecule has 1 aliphatic carbocycles. The molecule has 1 amide bonds. The molecule has 3 aromatic rings. The molecule has 0 atom stereocenters. The topological polar surface area (TPSA) is 75.4 Å². The third kappa shape index (κ3) is 3.26. The van der Waals surface area contributed by atoms with Crippen LogP contribution in [-0.2, 0) is 6.61 Å². The lowest BCUT2D eigenvalue weighted by Crippen LogP contribution is -2.15. The summed E-state index contributed by atoms with van der Waals surface area (Å²) < 4.78 is 5.95. The number of aliphatic hydroxyl groups excluding tert-OH is 1. The van der Waals surface area contributed by atoms with Crippen molar-refractivity contribution in [1.82, 2.24) is 4.98 Å². The number of aromatic nitrogens is 1. The van der Waals surface area contributed by atoms with E-state index in [1.54, 1.807) is 6.07 Å². The summed E-state index contributed by atoms with van der Waals surface area (Å²) in [6.07, 6.45) is 2.03. The van der Waals surface area contributed by atoms with Crippen LogP contribution in [0.1, 0.15) is 46.1 Å². The van der Waals surface area contributed by atoms with Gasteiger partial charge in [0.25, 0.3) is 5.91 Å². The molecule has 5 heteroatoms. The van der Waals surface area contributed by atoms with Gasteiger partial charge in [-0.3, -0.25) is 4.79 Å². The maximum absolute atomic E-state index is 12.9. The highest BCUT2D eigenvalue weighted by Gasteiger charge is 2.34. The van der Waals surface area contributed by atoms with E-state index in [-0.39, 0.29) is 18.4 Å². The zero-order valence-corrected chi connectivity index (χ0v) is 14.5. The Morgan fingerprint density at radius 1 is 1.23 bits per heavy atom. The van der Waals surface area contributed by atoms with Gasteiger partial charge < -0.3 is 14.8 Å². The van der Waals surface area contributed by atoms with Crippen LogP contribution in [0.3, 0.4) is 0 Å². The van der Waals surface area contributed by atoms with Crippen LogP contribution >= 0.6 is 0 Å². The molecular formula is C21H20N2O3. The van der Waals surface area contributed by atoms with Crippen molar-refractivity contribution < 1.29 is 14.3 Å². The van der Waals surface area contributed by atoms with Crippen molar-refractivity contribution in [3.63, 3.8) is 0 Å². The van der Waals surface area contributed by atoms with Crippen LogP contribution in [0.4, 0.5) is 5.69 Å². The van der Waals surface area contributed by atoms with Crippen LogP contribution in [0.5, 0.6) is 0 Å². The van der Waals surface area contributed by atoms with Crippen LogP contribution in [0, 0.1) is 6.92 Å². The first-order valence-corrected chi connectivity index (χ1v) is 8.73. The normalized spacial score (nSPS) is 13.6. The molecule has 2 N–H and O–H groups in total. The first kappa shape index (κ1) is 16.5. The van der Waals surface area contributed by atoms with Crippen LogP contribution in [0.25, 0.3) is 11.5 Å². The third-order valence-corrected chi connectivity index (χ3v) is 4.57. The molecule has 132 valence electrons. The van der Waals surface area contributed by atoms with Crippen LogP contribution in [-0.4, -0.2) is 16.0 Å². The predicted octanol–water partition coefficient (Wildman–Crippen LogP) is 4.27. The Morgan fingerprint density at radius 3 is 2.69 bits per heavy atom. The maximum atomic E-state index is 12.9. The van der Waals surface area contributed by atoms with E-state index in [4.69, 9.17) is 4.42 Å². The fourth-order valence-electron chi connectivity index (χ4n) is 2.90. The Morgan fingerprint density at radius 2 is 2.00 bits per heavy atom. The summed E-state index contributed by atoms with van der Waals surface area (Å²) in [5, 5.41) is 12.2. The molecule has 1 fully saturated rings. The van der Waals surface area contributed by atoms with Gasteiger partial charge in [-0.15, -0.1) is 0 Å². The van der Waals surface area contributed by atoms with E-state index in [2.05, 4.69) is 10.3 Å². The molecule has 1 aliphatic rings. The zero-order chi connectivity index (χ0) is 18.1. The fourth-order valence-corrected chi connectivity index (χ4v) is 2.90. The van der Waals surface area contributed by atoms with E-state index >= 15 is 0 Å². The first-order valence-electron chi connectivity index (χ1n) is 8.73. The van der Waals surface area contributed by atoms with Gasteiger partial charge in [-0.1, -0.05) is 30.3 Å². The fraction of sp³-hybridized carbons (Fsp3) is 0.238. The van der Waals surface area contributed by atoms with Crippen LogP contribution in [0.2, 0.25) is 0 Å². The lowest BCUT2D eigenvalue weighted by Gasteiger charge is -2.09. The second kappa shape index (κ2) is 6.77. The van der Waals surface area contributed by atoms with Gasteiger partial charge in [-0.05, 0) is 49.1 Å². The Labute approximate surface area is 151 Å². The summed E-state index contributed by atoms with van der Waals surface area (Å²) in [5.41, 5.74) is 3.55. The number of amides is 1. The van der Waals surface area contributed by atoms with E-state index in [9.17, 15) is 9.90 Å². The van der Waals surface area contributed by atoms with Gasteiger partial charge in [0.2, 0.25) is 5.89 Å². The molecule has 4 rings (SSSR count). The van der Waals surface area contributed by atoms with Gasteiger partial charge in [0.1, 0.15) is 5.76 Å². The molecule has 0 spiro atoms. The Balaban J connectivity index is 1.66. The number of carbonyl (C=O) groups excluding carboxylic acids is 1. The summed E-state index contributed by atoms with van der Waals surface area (Å²) >= 11 is 0. The molecular weight excluding hydrogens is 328 g/mol. The van der Waals surface area contributed by atoms with E-state index < -0.39 is 0 Å². The highest BCUT2D eigenvalue weighted by atomic mass is 16.4. The number of benzene rings is 2. The molecule has 5 nitrogen and oxygen atoms in total. The van der Waals surface area contributed by atoms with Gasteiger partial charge in [0, 0.05) is 17.2 Å². The average Bonchev–Trinajstić information content (AvgIpc) is 3.42. The Kier molecular flexibility index (Phi) is 4.31. The van der Waals surface area contributed by atoms with Gasteiger partial charge in [0.05, 0.1) is 6.61 Å². The number of nitrogens with zero attached hydrogens (tertiary/aromatic N) is 1. The van der Waals surface area contributed by atoms with Crippen molar-refractivity contribution in [2.45, 2.75) is 32.3 Å². The van der Waals surface area contributed by atoms with Gasteiger partial charge in [-0.2, -0.15) is 0 Å². The quantitative estimate of drug-likeness (QED) is 0.722. The largest absolute Gasteiger partial charge is 0.440 e. The smallest absolute Gasteiger partial charge is 0.277 e. The second-order valence-corrected chi connectivity index (χ2v) is 6.63. The standard InChI is InChI=1S/C21H20N2O3/c1-13-7-8-14(12-24)11-17(13)22-20(25)18-19(15-9-10-15)26-21(23-18)16-5-3-2-4-6-16/h2-8,11,15,24H,9-10,12H2,1H3,(H,22,25). The van der Waals surface area contributed by atoms with Crippen molar-refractivity contribution in [1.29, 1.82) is 0 Å². The third-order valence-electron chi connectivity index (χ3n) is 4.57. The van der Waals surface area contributed by atoms with Crippen molar-refractivity contribution in [3.05, 3.63) is 71.1 Å². The number of hydrogen-bond acceptors (Lipinski definition) is 4. The minimum atomic E-state index is -0.281. The zero-order valence-electron chi connectivity index (χ0n) is 14.5. The average molecular weight is 348 g/mol.